The van der Waals surface area contributed by atoms with Crippen molar-refractivity contribution >= 4 is 17.5 Å². The van der Waals surface area contributed by atoms with Crippen LogP contribution in [0.2, 0.25) is 0 Å². The second-order valence-corrected chi connectivity index (χ2v) is 9.86. The molecule has 0 saturated carbocycles. The molecular formula is C22H33N3O6. The minimum atomic E-state index is -1.49. The van der Waals surface area contributed by atoms with E-state index in [-0.39, 0.29) is 6.09 Å². The van der Waals surface area contributed by atoms with Crippen LogP contribution in [0.3, 0.4) is 0 Å². The SMILES string of the molecule is CC(C)(C)OC(=O)N1CCC2(CC1)Cc1cc([N+](C)([O-])O)c(N3CCOCC3)cc1O2. The fraction of sp³-hybridized carbons (Fsp3) is 0.682. The number of hydrogen-bond acceptors (Lipinski definition) is 7. The molecule has 1 spiro atoms. The Hall–Kier alpha value is -2.07. The van der Waals surface area contributed by atoms with Gasteiger partial charge in [0.1, 0.15) is 29.7 Å². The number of anilines is 1. The second-order valence-electron chi connectivity index (χ2n) is 9.86. The number of hydrogen-bond donors (Lipinski definition) is 1. The Balaban J connectivity index is 1.52. The lowest BCUT2D eigenvalue weighted by Crippen LogP contribution is -2.50. The van der Waals surface area contributed by atoms with Crippen molar-refractivity contribution in [3.05, 3.63) is 22.9 Å². The molecular weight excluding hydrogens is 402 g/mol. The zero-order valence-electron chi connectivity index (χ0n) is 18.8. The molecule has 2 fully saturated rings. The minimum Gasteiger partial charge on any atom is -0.593 e. The predicted molar refractivity (Wildman–Crippen MR) is 116 cm³/mol. The Morgan fingerprint density at radius 1 is 1.19 bits per heavy atom. The van der Waals surface area contributed by atoms with Crippen LogP contribution in [0.15, 0.2) is 12.1 Å². The number of amides is 1. The minimum absolute atomic E-state index is 0.297. The van der Waals surface area contributed by atoms with Crippen molar-refractivity contribution in [1.29, 1.82) is 0 Å². The number of nitrogens with zero attached hydrogens (tertiary/aromatic N) is 3. The fourth-order valence-electron chi connectivity index (χ4n) is 4.54. The molecule has 0 aliphatic carbocycles. The molecule has 31 heavy (non-hydrogen) atoms. The molecule has 1 aromatic carbocycles. The fourth-order valence-corrected chi connectivity index (χ4v) is 4.54. The van der Waals surface area contributed by atoms with Crippen molar-refractivity contribution in [2.24, 2.45) is 0 Å². The number of hydroxylamine groups is 2. The molecule has 172 valence electrons. The van der Waals surface area contributed by atoms with Crippen LogP contribution in [0.5, 0.6) is 5.75 Å². The summed E-state index contributed by atoms with van der Waals surface area (Å²) in [5, 5.41) is 22.8. The van der Waals surface area contributed by atoms with E-state index in [2.05, 4.69) is 4.90 Å². The first-order valence-electron chi connectivity index (χ1n) is 10.9. The van der Waals surface area contributed by atoms with Crippen molar-refractivity contribution < 1.29 is 24.2 Å². The molecule has 9 heteroatoms. The molecule has 0 bridgehead atoms. The van der Waals surface area contributed by atoms with E-state index in [1.165, 1.54) is 7.05 Å². The van der Waals surface area contributed by atoms with E-state index in [4.69, 9.17) is 14.2 Å². The number of carbonyl (C=O) groups is 1. The van der Waals surface area contributed by atoms with Gasteiger partial charge in [0, 0.05) is 63.1 Å². The van der Waals surface area contributed by atoms with Gasteiger partial charge in [0.05, 0.1) is 13.2 Å². The molecule has 1 unspecified atom stereocenters. The number of rotatable bonds is 2. The van der Waals surface area contributed by atoms with E-state index in [0.717, 1.165) is 11.3 Å². The highest BCUT2D eigenvalue weighted by Gasteiger charge is 2.44. The number of carbonyl (C=O) groups excluding carboxylic acids is 1. The summed E-state index contributed by atoms with van der Waals surface area (Å²) < 4.78 is 17.4. The van der Waals surface area contributed by atoms with Gasteiger partial charge in [-0.15, -0.1) is 0 Å². The van der Waals surface area contributed by atoms with Crippen molar-refractivity contribution in [2.45, 2.75) is 51.2 Å². The average Bonchev–Trinajstić information content (AvgIpc) is 3.02. The average molecular weight is 436 g/mol. The second kappa shape index (κ2) is 7.81. The van der Waals surface area contributed by atoms with Gasteiger partial charge in [0.2, 0.25) is 0 Å². The molecule has 1 atom stereocenters. The molecule has 3 aliphatic rings. The highest BCUT2D eigenvalue weighted by Crippen LogP contribution is 2.47. The number of likely N-dealkylation sites (tertiary alicyclic amines) is 1. The van der Waals surface area contributed by atoms with Crippen molar-refractivity contribution in [3.63, 3.8) is 0 Å². The third-order valence-electron chi connectivity index (χ3n) is 6.12. The standard InChI is InChI=1S/C22H33N3O6/c1-21(2,3)31-20(26)24-7-5-22(6-8-24)15-16-13-18(25(4,27)28)17(14-19(16)30-22)23-9-11-29-12-10-23/h13-14,27H,5-12,15H2,1-4H3. The molecule has 1 N–H and O–H groups in total. The number of piperidine rings is 1. The molecule has 2 saturated heterocycles. The van der Waals surface area contributed by atoms with Gasteiger partial charge in [0.15, 0.2) is 5.69 Å². The molecule has 3 aliphatic heterocycles. The first-order valence-corrected chi connectivity index (χ1v) is 10.9. The lowest BCUT2D eigenvalue weighted by Gasteiger charge is -2.39. The summed E-state index contributed by atoms with van der Waals surface area (Å²) in [5.41, 5.74) is 1.00. The zero-order chi connectivity index (χ0) is 22.4. The van der Waals surface area contributed by atoms with Crippen LogP contribution < -0.4 is 14.4 Å². The summed E-state index contributed by atoms with van der Waals surface area (Å²) in [6.07, 6.45) is 1.73. The molecule has 4 rings (SSSR count). The first kappa shape index (κ1) is 22.1. The Kier molecular flexibility index (Phi) is 5.58. The molecule has 0 aromatic heterocycles. The quantitative estimate of drug-likeness (QED) is 0.564. The Morgan fingerprint density at radius 3 is 2.42 bits per heavy atom. The maximum atomic E-state index is 12.5. The maximum Gasteiger partial charge on any atom is 0.410 e. The highest BCUT2D eigenvalue weighted by atomic mass is 16.8. The van der Waals surface area contributed by atoms with Gasteiger partial charge < -0.3 is 29.2 Å². The number of morpholine rings is 1. The van der Waals surface area contributed by atoms with Gasteiger partial charge in [-0.05, 0) is 20.8 Å². The van der Waals surface area contributed by atoms with Gasteiger partial charge in [-0.2, -0.15) is 4.81 Å². The van der Waals surface area contributed by atoms with Crippen LogP contribution in [-0.2, 0) is 15.9 Å². The van der Waals surface area contributed by atoms with Gasteiger partial charge in [-0.1, -0.05) is 0 Å². The van der Waals surface area contributed by atoms with Crippen LogP contribution in [0, 0.1) is 5.21 Å². The van der Waals surface area contributed by atoms with Crippen LogP contribution in [0.25, 0.3) is 0 Å². The van der Waals surface area contributed by atoms with Gasteiger partial charge >= 0.3 is 6.09 Å². The Morgan fingerprint density at radius 2 is 1.84 bits per heavy atom. The topological polar surface area (TPSA) is 94.5 Å². The van der Waals surface area contributed by atoms with Gasteiger partial charge in [-0.3, -0.25) is 0 Å². The lowest BCUT2D eigenvalue weighted by molar-refractivity contribution is -0.00893. The summed E-state index contributed by atoms with van der Waals surface area (Å²) in [7, 11) is 1.22. The Labute approximate surface area is 183 Å². The van der Waals surface area contributed by atoms with E-state index >= 15 is 0 Å². The molecule has 9 nitrogen and oxygen atoms in total. The Bertz CT molecular complexity index is 831. The monoisotopic (exact) mass is 435 g/mol. The van der Waals surface area contributed by atoms with Crippen LogP contribution in [0.4, 0.5) is 16.2 Å². The van der Waals surface area contributed by atoms with Crippen LogP contribution >= 0.6 is 0 Å². The number of benzene rings is 1. The van der Waals surface area contributed by atoms with E-state index in [1.807, 2.05) is 26.8 Å². The van der Waals surface area contributed by atoms with E-state index in [0.29, 0.717) is 70.0 Å². The van der Waals surface area contributed by atoms with E-state index in [1.54, 1.807) is 11.0 Å². The largest absolute Gasteiger partial charge is 0.593 e. The summed E-state index contributed by atoms with van der Waals surface area (Å²) >= 11 is 0. The number of fused-ring (bicyclic) bond motifs is 1. The third kappa shape index (κ3) is 4.74. The summed E-state index contributed by atoms with van der Waals surface area (Å²) in [6.45, 7) is 9.17. The van der Waals surface area contributed by atoms with Crippen molar-refractivity contribution in [2.75, 3.05) is 51.3 Å². The molecule has 1 amide bonds. The number of ether oxygens (including phenoxy) is 3. The van der Waals surface area contributed by atoms with Crippen LogP contribution in [-0.4, -0.2) is 73.8 Å². The predicted octanol–water partition coefficient (Wildman–Crippen LogP) is 3.05. The molecule has 3 heterocycles. The zero-order valence-corrected chi connectivity index (χ0v) is 18.8. The van der Waals surface area contributed by atoms with Crippen molar-refractivity contribution in [1.82, 2.24) is 9.71 Å². The number of quaternary nitrogens is 1. The molecule has 1 aromatic rings. The third-order valence-corrected chi connectivity index (χ3v) is 6.12. The van der Waals surface area contributed by atoms with Crippen LogP contribution in [0.1, 0.15) is 39.2 Å². The normalized spacial score (nSPS) is 22.6. The summed E-state index contributed by atoms with van der Waals surface area (Å²) in [6, 6.07) is 3.66. The summed E-state index contributed by atoms with van der Waals surface area (Å²) in [4.78, 5) is 14.7. The highest BCUT2D eigenvalue weighted by molar-refractivity contribution is 5.73. The summed E-state index contributed by atoms with van der Waals surface area (Å²) in [5.74, 6) is 0.754. The maximum absolute atomic E-state index is 12.5. The lowest BCUT2D eigenvalue weighted by atomic mass is 9.87. The van der Waals surface area contributed by atoms with Crippen molar-refractivity contribution in [3.8, 4) is 5.75 Å². The van der Waals surface area contributed by atoms with Gasteiger partial charge in [-0.25, -0.2) is 10.0 Å². The smallest absolute Gasteiger partial charge is 0.410 e. The van der Waals surface area contributed by atoms with Gasteiger partial charge in [0.25, 0.3) is 0 Å². The first-order chi connectivity index (χ1) is 14.5. The van der Waals surface area contributed by atoms with E-state index < -0.39 is 16.0 Å². The molecule has 0 radical (unpaired) electrons. The van der Waals surface area contributed by atoms with E-state index in [9.17, 15) is 15.2 Å².